The van der Waals surface area contributed by atoms with Crippen LogP contribution in [0.5, 0.6) is 0 Å². The van der Waals surface area contributed by atoms with Crippen LogP contribution in [0.25, 0.3) is 0 Å². The molecule has 1 heterocycles. The molecule has 2 fully saturated rings. The summed E-state index contributed by atoms with van der Waals surface area (Å²) in [7, 11) is 0. The van der Waals surface area contributed by atoms with Crippen LogP contribution in [-0.4, -0.2) is 35.8 Å². The van der Waals surface area contributed by atoms with Gasteiger partial charge in [0.2, 0.25) is 0 Å². The van der Waals surface area contributed by atoms with Crippen LogP contribution in [0.1, 0.15) is 37.7 Å². The van der Waals surface area contributed by atoms with E-state index < -0.39 is 0 Å². The Bertz CT molecular complexity index is 807. The highest BCUT2D eigenvalue weighted by atomic mass is 19.1. The minimum Gasteiger partial charge on any atom is -0.272 e. The summed E-state index contributed by atoms with van der Waals surface area (Å²) >= 11 is 0. The van der Waals surface area contributed by atoms with Gasteiger partial charge in [-0.2, -0.15) is 0 Å². The maximum atomic E-state index is 13.3. The molecule has 2 aromatic rings. The summed E-state index contributed by atoms with van der Waals surface area (Å²) in [5, 5.41) is 1.95. The first-order valence-electron chi connectivity index (χ1n) is 9.63. The van der Waals surface area contributed by atoms with E-state index in [4.69, 9.17) is 14.8 Å². The third kappa shape index (κ3) is 5.01. The van der Waals surface area contributed by atoms with Crippen molar-refractivity contribution in [3.63, 3.8) is 0 Å². The van der Waals surface area contributed by atoms with Crippen molar-refractivity contribution in [1.82, 2.24) is 5.06 Å². The number of amidine groups is 1. The van der Waals surface area contributed by atoms with Gasteiger partial charge in [0.25, 0.3) is 0 Å². The van der Waals surface area contributed by atoms with Crippen LogP contribution >= 0.6 is 0 Å². The molecule has 4 nitrogen and oxygen atoms in total. The maximum Gasteiger partial charge on any atom is 0.130 e. The van der Waals surface area contributed by atoms with E-state index in [1.807, 2.05) is 35.4 Å². The molecule has 0 spiro atoms. The smallest absolute Gasteiger partial charge is 0.130 e. The molecule has 4 rings (SSSR count). The number of aliphatic imine (C=N–C) groups is 2. The normalized spacial score (nSPS) is 18.6. The van der Waals surface area contributed by atoms with Gasteiger partial charge >= 0.3 is 0 Å². The fourth-order valence-electron chi connectivity index (χ4n) is 3.07. The molecule has 0 N–H and O–H groups in total. The number of hydroxylamine groups is 2. The number of halogens is 1. The fraction of sp³-hybridized carbons (Fsp3) is 0.364. The van der Waals surface area contributed by atoms with Crippen LogP contribution in [0.3, 0.4) is 0 Å². The second-order valence-electron chi connectivity index (χ2n) is 7.00. The summed E-state index contributed by atoms with van der Waals surface area (Å²) in [5.41, 5.74) is 2.69. The fourth-order valence-corrected chi connectivity index (χ4v) is 3.07. The van der Waals surface area contributed by atoms with Crippen molar-refractivity contribution in [1.29, 1.82) is 0 Å². The van der Waals surface area contributed by atoms with E-state index in [9.17, 15) is 4.39 Å². The predicted octanol–water partition coefficient (Wildman–Crippen LogP) is 4.92. The first-order valence-corrected chi connectivity index (χ1v) is 9.63. The van der Waals surface area contributed by atoms with Gasteiger partial charge in [-0.15, -0.1) is 0 Å². The molecule has 0 atom stereocenters. The Kier molecular flexibility index (Phi) is 5.58. The molecule has 27 heavy (non-hydrogen) atoms. The van der Waals surface area contributed by atoms with Crippen molar-refractivity contribution in [2.24, 2.45) is 9.98 Å². The molecule has 5 heteroatoms. The molecule has 1 saturated heterocycles. The van der Waals surface area contributed by atoms with Gasteiger partial charge in [0, 0.05) is 6.54 Å². The Hall–Kier alpha value is -2.53. The highest BCUT2D eigenvalue weighted by molar-refractivity contribution is 6.12. The molecule has 0 bridgehead atoms. The molecule has 0 aromatic heterocycles. The molecule has 2 aromatic carbocycles. The van der Waals surface area contributed by atoms with Crippen molar-refractivity contribution in [3.8, 4) is 0 Å². The molecule has 1 aliphatic heterocycles. The molecule has 2 aliphatic rings. The highest BCUT2D eigenvalue weighted by Crippen LogP contribution is 2.26. The average molecular weight is 365 g/mol. The predicted molar refractivity (Wildman–Crippen MR) is 106 cm³/mol. The highest BCUT2D eigenvalue weighted by Gasteiger charge is 2.25. The monoisotopic (exact) mass is 365 g/mol. The maximum absolute atomic E-state index is 13.3. The van der Waals surface area contributed by atoms with Crippen molar-refractivity contribution >= 4 is 17.2 Å². The third-order valence-corrected chi connectivity index (χ3v) is 4.69. The van der Waals surface area contributed by atoms with Gasteiger partial charge in [-0.25, -0.2) is 9.45 Å². The van der Waals surface area contributed by atoms with Crippen LogP contribution in [0.4, 0.5) is 10.1 Å². The molecule has 1 aliphatic carbocycles. The Balaban J connectivity index is 1.65. The summed E-state index contributed by atoms with van der Waals surface area (Å²) in [6.07, 6.45) is 5.08. The first-order chi connectivity index (χ1) is 13.3. The Morgan fingerprint density at radius 3 is 2.48 bits per heavy atom. The molecule has 1 saturated carbocycles. The first kappa shape index (κ1) is 17.9. The zero-order valence-electron chi connectivity index (χ0n) is 15.4. The van der Waals surface area contributed by atoms with Gasteiger partial charge in [0.1, 0.15) is 11.7 Å². The van der Waals surface area contributed by atoms with Crippen molar-refractivity contribution in [2.45, 2.75) is 38.1 Å². The quantitative estimate of drug-likeness (QED) is 0.557. The lowest BCUT2D eigenvalue weighted by Gasteiger charge is -2.29. The van der Waals surface area contributed by atoms with Crippen molar-refractivity contribution < 1.29 is 9.23 Å². The van der Waals surface area contributed by atoms with Gasteiger partial charge in [-0.3, -0.25) is 14.8 Å². The van der Waals surface area contributed by atoms with E-state index in [2.05, 4.69) is 0 Å². The number of hydrogen-bond donors (Lipinski definition) is 0. The lowest BCUT2D eigenvalue weighted by molar-refractivity contribution is -0.124. The van der Waals surface area contributed by atoms with Crippen molar-refractivity contribution in [3.05, 3.63) is 66.0 Å². The van der Waals surface area contributed by atoms with Gasteiger partial charge in [-0.1, -0.05) is 30.3 Å². The standard InChI is InChI=1S/C22H24FN3O/c23-18-8-10-19(11-9-18)24-21(17-6-2-1-3-7-17)16-22(25-20-12-13-20)26-14-4-5-15-27-26/h1-3,6-11,20H,4-5,12-16H2. The van der Waals surface area contributed by atoms with E-state index in [1.165, 1.54) is 12.1 Å². The largest absolute Gasteiger partial charge is 0.272 e. The van der Waals surface area contributed by atoms with Crippen LogP contribution < -0.4 is 0 Å². The summed E-state index contributed by atoms with van der Waals surface area (Å²) in [5.74, 6) is 0.690. The lowest BCUT2D eigenvalue weighted by Crippen LogP contribution is -2.37. The van der Waals surface area contributed by atoms with Crippen LogP contribution in [0.15, 0.2) is 64.6 Å². The minimum absolute atomic E-state index is 0.257. The molecule has 0 radical (unpaired) electrons. The SMILES string of the molecule is Fc1ccc(N=C(CC(=NC2CC2)N2CCCCO2)c2ccccc2)cc1. The zero-order valence-corrected chi connectivity index (χ0v) is 15.4. The molecule has 0 amide bonds. The zero-order chi connectivity index (χ0) is 18.5. The van der Waals surface area contributed by atoms with Gasteiger partial charge in [0.05, 0.1) is 30.5 Å². The van der Waals surface area contributed by atoms with Crippen LogP contribution in [0.2, 0.25) is 0 Å². The Morgan fingerprint density at radius 2 is 1.81 bits per heavy atom. The van der Waals surface area contributed by atoms with Gasteiger partial charge in [0.15, 0.2) is 0 Å². The number of nitrogens with zero attached hydrogens (tertiary/aromatic N) is 3. The number of benzene rings is 2. The number of rotatable bonds is 5. The van der Waals surface area contributed by atoms with Crippen molar-refractivity contribution in [2.75, 3.05) is 13.2 Å². The van der Waals surface area contributed by atoms with E-state index in [0.717, 1.165) is 61.6 Å². The number of hydrogen-bond acceptors (Lipinski definition) is 3. The third-order valence-electron chi connectivity index (χ3n) is 4.69. The molecular weight excluding hydrogens is 341 g/mol. The lowest BCUT2D eigenvalue weighted by atomic mass is 10.1. The van der Waals surface area contributed by atoms with E-state index in [0.29, 0.717) is 12.5 Å². The van der Waals surface area contributed by atoms with E-state index in [-0.39, 0.29) is 5.82 Å². The topological polar surface area (TPSA) is 37.2 Å². The van der Waals surface area contributed by atoms with Gasteiger partial charge in [-0.05, 0) is 55.5 Å². The minimum atomic E-state index is -0.257. The van der Waals surface area contributed by atoms with Gasteiger partial charge < -0.3 is 0 Å². The van der Waals surface area contributed by atoms with E-state index in [1.54, 1.807) is 12.1 Å². The van der Waals surface area contributed by atoms with Crippen LogP contribution in [-0.2, 0) is 4.84 Å². The molecule has 0 unspecified atom stereocenters. The summed E-state index contributed by atoms with van der Waals surface area (Å²) in [4.78, 5) is 15.6. The summed E-state index contributed by atoms with van der Waals surface area (Å²) in [6.45, 7) is 1.60. The van der Waals surface area contributed by atoms with Crippen LogP contribution in [0, 0.1) is 5.82 Å². The second kappa shape index (κ2) is 8.44. The molecule has 140 valence electrons. The second-order valence-corrected chi connectivity index (χ2v) is 7.00. The average Bonchev–Trinajstić information content (AvgIpc) is 3.54. The summed E-state index contributed by atoms with van der Waals surface area (Å²) < 4.78 is 13.3. The Labute approximate surface area is 159 Å². The summed E-state index contributed by atoms with van der Waals surface area (Å²) in [6, 6.07) is 16.8. The Morgan fingerprint density at radius 1 is 1.04 bits per heavy atom. The van der Waals surface area contributed by atoms with E-state index >= 15 is 0 Å². The molecular formula is C22H24FN3O.